The Hall–Kier alpha value is -6.33. The van der Waals surface area contributed by atoms with Crippen LogP contribution < -0.4 is 14.5 Å². The Morgan fingerprint density at radius 2 is 1.08 bits per heavy atom. The molecule has 8 aromatic rings. The fourth-order valence-corrected chi connectivity index (χ4v) is 8.87. The smallest absolute Gasteiger partial charge is 0.137 e. The van der Waals surface area contributed by atoms with Crippen LogP contribution in [0, 0.1) is 0 Å². The third-order valence-corrected chi connectivity index (χ3v) is 12.9. The molecule has 0 N–H and O–H groups in total. The number of para-hydroxylation sites is 1. The number of fused-ring (bicyclic) bond motifs is 4. The van der Waals surface area contributed by atoms with E-state index in [-0.39, 0.29) is 21.7 Å². The summed E-state index contributed by atoms with van der Waals surface area (Å²) in [5.41, 5.74) is 13.1. The topological polar surface area (TPSA) is 33.5 Å². The first-order valence-corrected chi connectivity index (χ1v) is 22.1. The molecule has 0 atom stereocenters. The number of anilines is 4. The number of hydrogen-bond donors (Lipinski definition) is 0. The molecule has 5 nitrogen and oxygen atoms in total. The average molecular weight is 817 g/mol. The van der Waals surface area contributed by atoms with Crippen LogP contribution in [0.3, 0.4) is 0 Å². The number of ether oxygens (including phenoxy) is 1. The van der Waals surface area contributed by atoms with Crippen LogP contribution >= 0.6 is 0 Å². The standard InChI is InChI=1S/C57H60N4O/c1-54(2,3)39-28-29-58-53(34-39)61-49-23-16-15-22-47(49)48-26-25-46(36-51(48)61)62-45-21-17-20-43(35-45)59-37-60(44-31-41(55(4,5)6)30-42(32-44)56(7,8)9)52-33-40(24-27-50(52)59)57(10,11)38-18-13-12-14-19-38/h12-36H,37H2,1-11H3. The molecule has 2 aromatic heterocycles. The zero-order valence-corrected chi connectivity index (χ0v) is 38.3. The lowest BCUT2D eigenvalue weighted by atomic mass is 9.78. The SMILES string of the molecule is CC(C)(C)c1cc(N2CN(c3cccc(Oc4ccc5c6ccccc6n(-c6cc(C(C)(C)C)ccn6)c5c4)c3)c3ccc(C(C)(C)c4ccccc4)cc32)cc(C(C)(C)C)c1. The van der Waals surface area contributed by atoms with E-state index in [0.717, 1.165) is 34.0 Å². The van der Waals surface area contributed by atoms with E-state index in [0.29, 0.717) is 6.67 Å². The Balaban J connectivity index is 1.12. The van der Waals surface area contributed by atoms with Gasteiger partial charge >= 0.3 is 0 Å². The highest BCUT2D eigenvalue weighted by atomic mass is 16.5. The van der Waals surface area contributed by atoms with Gasteiger partial charge in [0.25, 0.3) is 0 Å². The Bertz CT molecular complexity index is 2920. The lowest BCUT2D eigenvalue weighted by Gasteiger charge is -2.30. The van der Waals surface area contributed by atoms with Crippen LogP contribution in [0.2, 0.25) is 0 Å². The van der Waals surface area contributed by atoms with Gasteiger partial charge in [-0.1, -0.05) is 143 Å². The molecule has 0 radical (unpaired) electrons. The maximum atomic E-state index is 6.80. The van der Waals surface area contributed by atoms with Gasteiger partial charge in [-0.25, -0.2) is 4.98 Å². The highest BCUT2D eigenvalue weighted by Gasteiger charge is 2.33. The van der Waals surface area contributed by atoms with Crippen molar-refractivity contribution >= 4 is 44.6 Å². The number of rotatable bonds is 7. The first-order valence-electron chi connectivity index (χ1n) is 22.1. The van der Waals surface area contributed by atoms with E-state index in [4.69, 9.17) is 9.72 Å². The van der Waals surface area contributed by atoms with E-state index >= 15 is 0 Å². The van der Waals surface area contributed by atoms with E-state index in [1.54, 1.807) is 0 Å². The van der Waals surface area contributed by atoms with E-state index < -0.39 is 0 Å². The van der Waals surface area contributed by atoms with Gasteiger partial charge in [0, 0.05) is 45.9 Å². The van der Waals surface area contributed by atoms with Gasteiger partial charge in [0.05, 0.1) is 22.4 Å². The average Bonchev–Trinajstić information content (AvgIpc) is 3.79. The molecule has 314 valence electrons. The fourth-order valence-electron chi connectivity index (χ4n) is 8.87. The number of hydrogen-bond acceptors (Lipinski definition) is 4. The molecule has 0 unspecified atom stereocenters. The van der Waals surface area contributed by atoms with Gasteiger partial charge in [0.15, 0.2) is 0 Å². The lowest BCUT2D eigenvalue weighted by Crippen LogP contribution is -2.25. The second kappa shape index (κ2) is 14.9. The third-order valence-electron chi connectivity index (χ3n) is 12.9. The highest BCUT2D eigenvalue weighted by molar-refractivity contribution is 6.09. The molecule has 1 aliphatic heterocycles. The Morgan fingerprint density at radius 1 is 0.435 bits per heavy atom. The minimum Gasteiger partial charge on any atom is -0.457 e. The summed E-state index contributed by atoms with van der Waals surface area (Å²) in [5.74, 6) is 2.46. The summed E-state index contributed by atoms with van der Waals surface area (Å²) >= 11 is 0. The summed E-state index contributed by atoms with van der Waals surface area (Å²) in [5, 5.41) is 2.35. The summed E-state index contributed by atoms with van der Waals surface area (Å²) in [6.45, 7) is 25.9. The maximum absolute atomic E-state index is 6.80. The van der Waals surface area contributed by atoms with Gasteiger partial charge < -0.3 is 14.5 Å². The predicted molar refractivity (Wildman–Crippen MR) is 262 cm³/mol. The number of benzene rings is 6. The molecule has 5 heteroatoms. The number of nitrogens with zero attached hydrogens (tertiary/aromatic N) is 4. The third kappa shape index (κ3) is 7.52. The minimum absolute atomic E-state index is 0.00447. The highest BCUT2D eigenvalue weighted by Crippen LogP contribution is 2.49. The largest absolute Gasteiger partial charge is 0.457 e. The van der Waals surface area contributed by atoms with E-state index in [1.165, 1.54) is 55.7 Å². The summed E-state index contributed by atoms with van der Waals surface area (Å²) in [6, 6.07) is 53.0. The van der Waals surface area contributed by atoms with Crippen molar-refractivity contribution in [2.24, 2.45) is 0 Å². The van der Waals surface area contributed by atoms with Crippen molar-refractivity contribution in [2.75, 3.05) is 16.5 Å². The molecule has 0 fully saturated rings. The lowest BCUT2D eigenvalue weighted by molar-refractivity contribution is 0.483. The zero-order chi connectivity index (χ0) is 43.8. The van der Waals surface area contributed by atoms with E-state index in [2.05, 4.69) is 236 Å². The van der Waals surface area contributed by atoms with Gasteiger partial charge in [0.1, 0.15) is 24.0 Å². The molecule has 1 aliphatic rings. The summed E-state index contributed by atoms with van der Waals surface area (Å²) in [7, 11) is 0. The number of pyridine rings is 1. The van der Waals surface area contributed by atoms with E-state index in [1.807, 2.05) is 6.20 Å². The van der Waals surface area contributed by atoms with Crippen molar-refractivity contribution in [3.63, 3.8) is 0 Å². The van der Waals surface area contributed by atoms with Crippen molar-refractivity contribution in [1.29, 1.82) is 0 Å². The monoisotopic (exact) mass is 816 g/mol. The Morgan fingerprint density at radius 3 is 1.79 bits per heavy atom. The van der Waals surface area contributed by atoms with Gasteiger partial charge in [-0.2, -0.15) is 0 Å². The minimum atomic E-state index is -0.189. The zero-order valence-electron chi connectivity index (χ0n) is 38.3. The van der Waals surface area contributed by atoms with Crippen molar-refractivity contribution in [3.05, 3.63) is 180 Å². The van der Waals surface area contributed by atoms with Gasteiger partial charge in [-0.05, 0) is 111 Å². The molecule has 6 aromatic carbocycles. The van der Waals surface area contributed by atoms with E-state index in [9.17, 15) is 0 Å². The molecule has 0 aliphatic carbocycles. The van der Waals surface area contributed by atoms with Crippen molar-refractivity contribution < 1.29 is 4.74 Å². The summed E-state index contributed by atoms with van der Waals surface area (Å²) in [6.07, 6.45) is 1.93. The number of aromatic nitrogens is 2. The van der Waals surface area contributed by atoms with Gasteiger partial charge in [-0.3, -0.25) is 4.57 Å². The molecule has 0 amide bonds. The maximum Gasteiger partial charge on any atom is 0.137 e. The molecule has 0 bridgehead atoms. The molecule has 0 spiro atoms. The normalized spacial score (nSPS) is 13.6. The predicted octanol–water partition coefficient (Wildman–Crippen LogP) is 15.4. The molecular weight excluding hydrogens is 757 g/mol. The quantitative estimate of drug-likeness (QED) is 0.160. The summed E-state index contributed by atoms with van der Waals surface area (Å²) < 4.78 is 9.07. The van der Waals surface area contributed by atoms with Crippen LogP contribution in [0.4, 0.5) is 22.7 Å². The first-order chi connectivity index (χ1) is 29.4. The molecule has 62 heavy (non-hydrogen) atoms. The molecular formula is C57H60N4O. The van der Waals surface area contributed by atoms with Crippen molar-refractivity contribution in [1.82, 2.24) is 9.55 Å². The first kappa shape index (κ1) is 41.0. The van der Waals surface area contributed by atoms with Crippen LogP contribution in [0.5, 0.6) is 11.5 Å². The van der Waals surface area contributed by atoms with Crippen molar-refractivity contribution in [2.45, 2.75) is 97.8 Å². The van der Waals surface area contributed by atoms with Crippen LogP contribution in [0.15, 0.2) is 152 Å². The molecule has 3 heterocycles. The van der Waals surface area contributed by atoms with Crippen molar-refractivity contribution in [3.8, 4) is 17.3 Å². The van der Waals surface area contributed by atoms with Gasteiger partial charge in [0.2, 0.25) is 0 Å². The molecule has 0 saturated heterocycles. The fraction of sp³-hybridized carbons (Fsp3) is 0.281. The summed E-state index contributed by atoms with van der Waals surface area (Å²) in [4.78, 5) is 9.83. The molecule has 0 saturated carbocycles. The second-order valence-corrected chi connectivity index (χ2v) is 20.7. The van der Waals surface area contributed by atoms with Crippen LogP contribution in [-0.4, -0.2) is 16.2 Å². The molecule has 9 rings (SSSR count). The second-order valence-electron chi connectivity index (χ2n) is 20.7. The Labute approximate surface area is 368 Å². The van der Waals surface area contributed by atoms with Crippen LogP contribution in [-0.2, 0) is 21.7 Å². The van der Waals surface area contributed by atoms with Gasteiger partial charge in [-0.15, -0.1) is 0 Å². The van der Waals surface area contributed by atoms with Crippen LogP contribution in [0.25, 0.3) is 27.6 Å². The van der Waals surface area contributed by atoms with Crippen LogP contribution in [0.1, 0.15) is 104 Å². The Kier molecular flexibility index (Phi) is 9.89.